The molecule has 1 aliphatic rings. The van der Waals surface area contributed by atoms with Crippen molar-refractivity contribution < 1.29 is 33.4 Å². The lowest BCUT2D eigenvalue weighted by atomic mass is 9.92. The zero-order chi connectivity index (χ0) is 23.0. The van der Waals surface area contributed by atoms with Crippen LogP contribution in [0, 0.1) is 5.92 Å². The van der Waals surface area contributed by atoms with Crippen LogP contribution in [-0.2, 0) is 35.2 Å². The van der Waals surface area contributed by atoms with Crippen LogP contribution >= 0.6 is 0 Å². The molecule has 2 amide bonds. The number of benzene rings is 1. The standard InChI is InChI=1S/C21H27N3O7/c1-21(2,3)31-20(28)22-15(19(27)30-12-13-8-6-5-7-9-13)10-14-11-16(18(26)29-4)23-24-17(14)25/h5-9,14-15H,10-12H2,1-4H3,(H,22,28)(H,24,25)/t14-,15-/m0/s1. The number of nitrogens with zero attached hydrogens (tertiary/aromatic N) is 1. The van der Waals surface area contributed by atoms with Crippen molar-refractivity contribution in [1.82, 2.24) is 10.7 Å². The molecule has 1 aromatic rings. The van der Waals surface area contributed by atoms with E-state index in [0.29, 0.717) is 0 Å². The molecule has 0 bridgehead atoms. The smallest absolute Gasteiger partial charge is 0.408 e. The van der Waals surface area contributed by atoms with E-state index in [1.807, 2.05) is 6.07 Å². The van der Waals surface area contributed by atoms with Crippen LogP contribution in [0.3, 0.4) is 0 Å². The van der Waals surface area contributed by atoms with Gasteiger partial charge in [0.2, 0.25) is 5.91 Å². The molecule has 31 heavy (non-hydrogen) atoms. The van der Waals surface area contributed by atoms with Gasteiger partial charge in [-0.15, -0.1) is 0 Å². The monoisotopic (exact) mass is 433 g/mol. The van der Waals surface area contributed by atoms with Gasteiger partial charge >= 0.3 is 18.0 Å². The fourth-order valence-corrected chi connectivity index (χ4v) is 2.80. The van der Waals surface area contributed by atoms with Crippen molar-refractivity contribution in [2.45, 2.75) is 51.9 Å². The van der Waals surface area contributed by atoms with Crippen molar-refractivity contribution in [3.63, 3.8) is 0 Å². The van der Waals surface area contributed by atoms with Gasteiger partial charge in [-0.2, -0.15) is 5.10 Å². The first-order chi connectivity index (χ1) is 14.6. The normalized spacial score (nSPS) is 17.0. The summed E-state index contributed by atoms with van der Waals surface area (Å²) in [6, 6.07) is 7.85. The maximum Gasteiger partial charge on any atom is 0.408 e. The van der Waals surface area contributed by atoms with Crippen LogP contribution in [0.4, 0.5) is 4.79 Å². The van der Waals surface area contributed by atoms with Gasteiger partial charge in [-0.25, -0.2) is 19.8 Å². The topological polar surface area (TPSA) is 132 Å². The van der Waals surface area contributed by atoms with E-state index in [1.165, 1.54) is 7.11 Å². The van der Waals surface area contributed by atoms with E-state index in [1.54, 1.807) is 45.0 Å². The highest BCUT2D eigenvalue weighted by molar-refractivity contribution is 6.37. The van der Waals surface area contributed by atoms with E-state index in [2.05, 4.69) is 20.6 Å². The van der Waals surface area contributed by atoms with Gasteiger partial charge in [0.1, 0.15) is 24.0 Å². The predicted octanol–water partition coefficient (Wildman–Crippen LogP) is 1.68. The molecule has 0 aromatic heterocycles. The first-order valence-corrected chi connectivity index (χ1v) is 9.74. The van der Waals surface area contributed by atoms with E-state index in [4.69, 9.17) is 9.47 Å². The summed E-state index contributed by atoms with van der Waals surface area (Å²) in [4.78, 5) is 49.0. The zero-order valence-electron chi connectivity index (χ0n) is 18.0. The maximum atomic E-state index is 12.7. The van der Waals surface area contributed by atoms with Gasteiger partial charge in [0.25, 0.3) is 0 Å². The van der Waals surface area contributed by atoms with Crippen LogP contribution in [0.1, 0.15) is 39.2 Å². The number of hydrogen-bond acceptors (Lipinski definition) is 8. The van der Waals surface area contributed by atoms with Crippen LogP contribution in [0.25, 0.3) is 0 Å². The summed E-state index contributed by atoms with van der Waals surface area (Å²) >= 11 is 0. The largest absolute Gasteiger partial charge is 0.464 e. The molecule has 0 saturated carbocycles. The maximum absolute atomic E-state index is 12.7. The van der Waals surface area contributed by atoms with Crippen molar-refractivity contribution >= 4 is 29.7 Å². The van der Waals surface area contributed by atoms with Crippen LogP contribution in [0.2, 0.25) is 0 Å². The van der Waals surface area contributed by atoms with Crippen molar-refractivity contribution in [2.24, 2.45) is 11.0 Å². The van der Waals surface area contributed by atoms with E-state index in [0.717, 1.165) is 5.56 Å². The second-order valence-electron chi connectivity index (χ2n) is 7.96. The molecule has 10 nitrogen and oxygen atoms in total. The fourth-order valence-electron chi connectivity index (χ4n) is 2.80. The molecular weight excluding hydrogens is 406 g/mol. The van der Waals surface area contributed by atoms with Crippen LogP contribution < -0.4 is 10.7 Å². The number of hydrazone groups is 1. The van der Waals surface area contributed by atoms with Gasteiger partial charge in [-0.1, -0.05) is 30.3 Å². The third-order valence-corrected chi connectivity index (χ3v) is 4.25. The Bertz CT molecular complexity index is 846. The molecule has 0 radical (unpaired) electrons. The molecule has 0 fully saturated rings. The van der Waals surface area contributed by atoms with E-state index >= 15 is 0 Å². The molecule has 2 rings (SSSR count). The molecular formula is C21H27N3O7. The number of alkyl carbamates (subject to hydrolysis) is 1. The number of nitrogens with one attached hydrogen (secondary N) is 2. The molecule has 0 spiro atoms. The number of esters is 2. The molecule has 2 N–H and O–H groups in total. The Morgan fingerprint density at radius 2 is 1.90 bits per heavy atom. The Morgan fingerprint density at radius 3 is 2.52 bits per heavy atom. The third kappa shape index (κ3) is 7.72. The molecule has 1 aromatic carbocycles. The minimum atomic E-state index is -1.17. The minimum absolute atomic E-state index is 0.00208. The van der Waals surface area contributed by atoms with Gasteiger partial charge in [0.05, 0.1) is 7.11 Å². The van der Waals surface area contributed by atoms with Gasteiger partial charge < -0.3 is 19.5 Å². The lowest BCUT2D eigenvalue weighted by molar-refractivity contribution is -0.148. The van der Waals surface area contributed by atoms with Crippen molar-refractivity contribution in [2.75, 3.05) is 7.11 Å². The first-order valence-electron chi connectivity index (χ1n) is 9.74. The fraction of sp³-hybridized carbons (Fsp3) is 0.476. The average Bonchev–Trinajstić information content (AvgIpc) is 2.71. The molecule has 0 aliphatic carbocycles. The Balaban J connectivity index is 2.11. The summed E-state index contributed by atoms with van der Waals surface area (Å²) < 4.78 is 15.2. The number of carbonyl (C=O) groups is 4. The molecule has 0 unspecified atom stereocenters. The number of methoxy groups -OCH3 is 1. The van der Waals surface area contributed by atoms with Gasteiger partial charge in [-0.05, 0) is 32.8 Å². The molecule has 2 atom stereocenters. The lowest BCUT2D eigenvalue weighted by Gasteiger charge is -2.26. The summed E-state index contributed by atoms with van der Waals surface area (Å²) in [6.45, 7) is 5.05. The SMILES string of the molecule is COC(=O)C1=NNC(=O)[C@@H](C[C@H](NC(=O)OC(C)(C)C)C(=O)OCc2ccccc2)C1. The number of ether oxygens (including phenoxy) is 3. The van der Waals surface area contributed by atoms with Crippen molar-refractivity contribution in [1.29, 1.82) is 0 Å². The molecule has 1 heterocycles. The average molecular weight is 433 g/mol. The highest BCUT2D eigenvalue weighted by Crippen LogP contribution is 2.19. The Hall–Kier alpha value is -3.43. The number of rotatable bonds is 7. The summed E-state index contributed by atoms with van der Waals surface area (Å²) in [5.74, 6) is -2.71. The molecule has 0 saturated heterocycles. The number of carbonyl (C=O) groups excluding carboxylic acids is 4. The Kier molecular flexibility index (Phi) is 8.12. The molecule has 10 heteroatoms. The number of hydrogen-bond donors (Lipinski definition) is 2. The van der Waals surface area contributed by atoms with Gasteiger partial charge in [-0.3, -0.25) is 4.79 Å². The molecule has 168 valence electrons. The van der Waals surface area contributed by atoms with E-state index in [-0.39, 0.29) is 25.2 Å². The lowest BCUT2D eigenvalue weighted by Crippen LogP contribution is -2.48. The van der Waals surface area contributed by atoms with E-state index < -0.39 is 41.5 Å². The zero-order valence-corrected chi connectivity index (χ0v) is 18.0. The highest BCUT2D eigenvalue weighted by Gasteiger charge is 2.35. The Morgan fingerprint density at radius 1 is 1.23 bits per heavy atom. The second-order valence-corrected chi connectivity index (χ2v) is 7.96. The highest BCUT2D eigenvalue weighted by atomic mass is 16.6. The van der Waals surface area contributed by atoms with Gasteiger partial charge in [0.15, 0.2) is 0 Å². The van der Waals surface area contributed by atoms with Crippen molar-refractivity contribution in [3.8, 4) is 0 Å². The third-order valence-electron chi connectivity index (χ3n) is 4.25. The minimum Gasteiger partial charge on any atom is -0.464 e. The summed E-state index contributed by atoms with van der Waals surface area (Å²) in [6.07, 6.45) is -0.988. The second kappa shape index (κ2) is 10.6. The quantitative estimate of drug-likeness (QED) is 0.494. The summed E-state index contributed by atoms with van der Waals surface area (Å²) in [5, 5.41) is 6.15. The summed E-state index contributed by atoms with van der Waals surface area (Å²) in [7, 11) is 1.20. The summed E-state index contributed by atoms with van der Waals surface area (Å²) in [5.41, 5.74) is 2.24. The van der Waals surface area contributed by atoms with Crippen LogP contribution in [-0.4, -0.2) is 48.4 Å². The van der Waals surface area contributed by atoms with Crippen LogP contribution in [0.15, 0.2) is 35.4 Å². The van der Waals surface area contributed by atoms with Crippen molar-refractivity contribution in [3.05, 3.63) is 35.9 Å². The van der Waals surface area contributed by atoms with E-state index in [9.17, 15) is 19.2 Å². The predicted molar refractivity (Wildman–Crippen MR) is 110 cm³/mol. The number of amides is 2. The Labute approximate surface area is 180 Å². The van der Waals surface area contributed by atoms with Crippen LogP contribution in [0.5, 0.6) is 0 Å². The first kappa shape index (κ1) is 23.8. The van der Waals surface area contributed by atoms with Gasteiger partial charge in [0, 0.05) is 12.3 Å². The molecule has 1 aliphatic heterocycles.